The summed E-state index contributed by atoms with van der Waals surface area (Å²) in [6.45, 7) is 2.55. The molecule has 5 N–H and O–H groups in total. The van der Waals surface area contributed by atoms with Gasteiger partial charge in [0.15, 0.2) is 5.82 Å². The van der Waals surface area contributed by atoms with Crippen molar-refractivity contribution in [2.45, 2.75) is 13.2 Å². The van der Waals surface area contributed by atoms with Gasteiger partial charge in [0.1, 0.15) is 12.4 Å². The number of aliphatic hydroxyl groups is 1. The van der Waals surface area contributed by atoms with Crippen LogP contribution in [0.2, 0.25) is 0 Å². The number of rotatable bonds is 9. The first kappa shape index (κ1) is 24.7. The number of aromatic amines is 1. The highest BCUT2D eigenvalue weighted by Crippen LogP contribution is 2.35. The van der Waals surface area contributed by atoms with Gasteiger partial charge in [0.2, 0.25) is 12.2 Å². The molecule has 3 heterocycles. The third-order valence-corrected chi connectivity index (χ3v) is 5.36. The first-order chi connectivity index (χ1) is 16.9. The van der Waals surface area contributed by atoms with Crippen LogP contribution < -0.4 is 15.8 Å². The quantitative estimate of drug-likeness (QED) is 0.348. The number of ether oxygens (including phenoxy) is 3. The number of aromatic nitrogens is 4. The molecule has 1 saturated heterocycles. The van der Waals surface area contributed by atoms with Crippen LogP contribution in [0.4, 0.5) is 4.39 Å². The fourth-order valence-electron chi connectivity index (χ4n) is 3.49. The molecule has 1 amide bonds. The van der Waals surface area contributed by atoms with Crippen molar-refractivity contribution in [3.63, 3.8) is 0 Å². The average Bonchev–Trinajstić information content (AvgIpc) is 3.32. The monoisotopic (exact) mass is 486 g/mol. The summed E-state index contributed by atoms with van der Waals surface area (Å²) < 4.78 is 30.6. The first-order valence-corrected chi connectivity index (χ1v) is 11.1. The zero-order chi connectivity index (χ0) is 24.8. The van der Waals surface area contributed by atoms with E-state index in [1.807, 2.05) is 0 Å². The summed E-state index contributed by atoms with van der Waals surface area (Å²) in [4.78, 5) is 28.7. The molecule has 0 atom stereocenters. The van der Waals surface area contributed by atoms with Crippen molar-refractivity contribution < 1.29 is 28.5 Å². The molecular formula is C23H27FN6O5. The molecule has 12 heteroatoms. The molecule has 1 fully saturated rings. The smallest absolute Gasteiger partial charge is 0.317 e. The summed E-state index contributed by atoms with van der Waals surface area (Å²) in [6.07, 6.45) is 0.661. The van der Waals surface area contributed by atoms with Crippen molar-refractivity contribution in [3.05, 3.63) is 48.2 Å². The summed E-state index contributed by atoms with van der Waals surface area (Å²) >= 11 is 0. The van der Waals surface area contributed by atoms with E-state index in [4.69, 9.17) is 25.1 Å². The molecule has 0 saturated carbocycles. The van der Waals surface area contributed by atoms with Crippen LogP contribution in [0.1, 0.15) is 19.0 Å². The predicted octanol–water partition coefficient (Wildman–Crippen LogP) is 1.17. The van der Waals surface area contributed by atoms with Crippen LogP contribution >= 0.6 is 0 Å². The van der Waals surface area contributed by atoms with Crippen LogP contribution in [0.5, 0.6) is 6.01 Å². The number of nitrogens with two attached hydrogens (primary N) is 1. The number of hydrogen-bond donors (Lipinski definition) is 4. The third kappa shape index (κ3) is 5.62. The second kappa shape index (κ2) is 10.9. The number of carbonyl (C=O) groups excluding carboxylic acids is 1. The van der Waals surface area contributed by atoms with Crippen molar-refractivity contribution in [1.29, 1.82) is 0 Å². The number of H-pyrrole nitrogens is 1. The van der Waals surface area contributed by atoms with Gasteiger partial charge in [0.25, 0.3) is 0 Å². The lowest BCUT2D eigenvalue weighted by molar-refractivity contribution is -0.231. The Bertz CT molecular complexity index is 1150. The van der Waals surface area contributed by atoms with Crippen LogP contribution in [0, 0.1) is 11.2 Å². The summed E-state index contributed by atoms with van der Waals surface area (Å²) in [7, 11) is 0. The third-order valence-electron chi connectivity index (χ3n) is 5.36. The number of hydrogen-bond acceptors (Lipinski definition) is 9. The fraction of sp³-hybridized carbons (Fsp3) is 0.391. The summed E-state index contributed by atoms with van der Waals surface area (Å²) in [5, 5.41) is 11.8. The van der Waals surface area contributed by atoms with Gasteiger partial charge in [-0.2, -0.15) is 4.98 Å². The van der Waals surface area contributed by atoms with Gasteiger partial charge in [0, 0.05) is 24.8 Å². The molecule has 3 aromatic rings. The molecule has 0 unspecified atom stereocenters. The topological polar surface area (TPSA) is 158 Å². The van der Waals surface area contributed by atoms with E-state index in [0.29, 0.717) is 41.6 Å². The van der Waals surface area contributed by atoms with E-state index < -0.39 is 11.7 Å². The molecule has 11 nitrogen and oxygen atoms in total. The van der Waals surface area contributed by atoms with Crippen molar-refractivity contribution in [1.82, 2.24) is 25.3 Å². The Hall–Kier alpha value is -3.45. The number of halogens is 1. The van der Waals surface area contributed by atoms with E-state index in [1.165, 1.54) is 18.3 Å². The van der Waals surface area contributed by atoms with Crippen molar-refractivity contribution in [3.8, 4) is 28.7 Å². The maximum Gasteiger partial charge on any atom is 0.317 e. The Morgan fingerprint density at radius 2 is 2.03 bits per heavy atom. The zero-order valence-electron chi connectivity index (χ0n) is 19.2. The number of aliphatic hydroxyl groups excluding tert-OH is 1. The minimum Gasteiger partial charge on any atom is -0.461 e. The molecular weight excluding hydrogens is 459 g/mol. The van der Waals surface area contributed by atoms with Crippen molar-refractivity contribution in [2.24, 2.45) is 11.1 Å². The number of carbonyl (C=O) groups is 1. The lowest BCUT2D eigenvalue weighted by atomic mass is 9.91. The van der Waals surface area contributed by atoms with Gasteiger partial charge in [-0.3, -0.25) is 4.79 Å². The first-order valence-electron chi connectivity index (χ1n) is 11.1. The predicted molar refractivity (Wildman–Crippen MR) is 122 cm³/mol. The SMILES string of the molecule is CC1(C(=O)NCCN)COC(c2nc(-c3ccc(F)cc3)c(-c3ccnc(OCCO)n3)[nH]2)OC1. The largest absolute Gasteiger partial charge is 0.461 e. The molecule has 1 aliphatic heterocycles. The van der Waals surface area contributed by atoms with Gasteiger partial charge in [0.05, 0.1) is 42.3 Å². The Balaban J connectivity index is 1.62. The molecule has 0 aliphatic carbocycles. The molecule has 35 heavy (non-hydrogen) atoms. The Morgan fingerprint density at radius 3 is 2.71 bits per heavy atom. The normalized spacial score (nSPS) is 19.9. The van der Waals surface area contributed by atoms with E-state index in [9.17, 15) is 9.18 Å². The maximum absolute atomic E-state index is 13.5. The lowest BCUT2D eigenvalue weighted by Gasteiger charge is -2.35. The van der Waals surface area contributed by atoms with Crippen LogP contribution in [0.15, 0.2) is 36.5 Å². The minimum atomic E-state index is -0.869. The Kier molecular flexibility index (Phi) is 7.66. The van der Waals surface area contributed by atoms with Gasteiger partial charge in [-0.1, -0.05) is 0 Å². The number of benzene rings is 1. The standard InChI is InChI=1S/C23H27FN6O5/c1-23(21(32)26-9-7-25)12-34-20(35-13-23)19-29-17(14-2-4-15(24)5-3-14)18(30-19)16-6-8-27-22(28-16)33-11-10-31/h2-6,8,20,31H,7,9-13,25H2,1H3,(H,26,32)(H,29,30). The van der Waals surface area contributed by atoms with Crippen molar-refractivity contribution >= 4 is 5.91 Å². The molecule has 1 aromatic carbocycles. The van der Waals surface area contributed by atoms with Crippen LogP contribution in [0.3, 0.4) is 0 Å². The second-order valence-electron chi connectivity index (χ2n) is 8.21. The van der Waals surface area contributed by atoms with E-state index in [2.05, 4.69) is 25.3 Å². The summed E-state index contributed by atoms with van der Waals surface area (Å²) in [5.74, 6) is -0.218. The molecule has 4 rings (SSSR count). The molecule has 0 radical (unpaired) electrons. The number of amides is 1. The van der Waals surface area contributed by atoms with E-state index in [0.717, 1.165) is 0 Å². The fourth-order valence-corrected chi connectivity index (χ4v) is 3.49. The maximum atomic E-state index is 13.5. The number of nitrogens with zero attached hydrogens (tertiary/aromatic N) is 3. The highest BCUT2D eigenvalue weighted by atomic mass is 19.1. The Morgan fingerprint density at radius 1 is 1.29 bits per heavy atom. The van der Waals surface area contributed by atoms with E-state index in [-0.39, 0.29) is 44.2 Å². The van der Waals surface area contributed by atoms with E-state index >= 15 is 0 Å². The van der Waals surface area contributed by atoms with Gasteiger partial charge in [-0.05, 0) is 37.3 Å². The van der Waals surface area contributed by atoms with Gasteiger partial charge in [-0.15, -0.1) is 0 Å². The molecule has 2 aromatic heterocycles. The highest BCUT2D eigenvalue weighted by Gasteiger charge is 2.40. The highest BCUT2D eigenvalue weighted by molar-refractivity contribution is 5.82. The van der Waals surface area contributed by atoms with E-state index in [1.54, 1.807) is 25.1 Å². The molecule has 1 aliphatic rings. The second-order valence-corrected chi connectivity index (χ2v) is 8.21. The minimum absolute atomic E-state index is 0.0455. The molecule has 186 valence electrons. The van der Waals surface area contributed by atoms with Crippen LogP contribution in [0.25, 0.3) is 22.6 Å². The Labute approximate surface area is 200 Å². The van der Waals surface area contributed by atoms with Crippen LogP contribution in [-0.4, -0.2) is 70.5 Å². The van der Waals surface area contributed by atoms with Gasteiger partial charge < -0.3 is 35.4 Å². The number of nitrogens with one attached hydrogen (secondary N) is 2. The summed E-state index contributed by atoms with van der Waals surface area (Å²) in [5.41, 5.74) is 6.71. The lowest BCUT2D eigenvalue weighted by Crippen LogP contribution is -2.49. The van der Waals surface area contributed by atoms with Crippen LogP contribution in [-0.2, 0) is 14.3 Å². The zero-order valence-corrected chi connectivity index (χ0v) is 19.2. The average molecular weight is 487 g/mol. The molecule has 0 bridgehead atoms. The van der Waals surface area contributed by atoms with Crippen molar-refractivity contribution in [2.75, 3.05) is 39.5 Å². The van der Waals surface area contributed by atoms with Gasteiger partial charge >= 0.3 is 6.01 Å². The summed E-state index contributed by atoms with van der Waals surface area (Å²) in [6, 6.07) is 7.62. The molecule has 0 spiro atoms. The number of imidazole rings is 1. The van der Waals surface area contributed by atoms with Gasteiger partial charge in [-0.25, -0.2) is 14.4 Å².